The minimum atomic E-state index is -1.99. The van der Waals surface area contributed by atoms with Gasteiger partial charge in [-0.25, -0.2) is 0 Å². The molecule has 0 aromatic heterocycles. The Bertz CT molecular complexity index is 2320. The highest BCUT2D eigenvalue weighted by atomic mass is 16.8. The van der Waals surface area contributed by atoms with Crippen LogP contribution in [0.5, 0.6) is 0 Å². The average Bonchev–Trinajstić information content (AvgIpc) is 0.781. The number of carbonyl (C=O) groups is 1. The number of nitrogens with one attached hydrogen (secondary N) is 1. The molecular weight excluding hydrogens is 1330 g/mol. The topological polar surface area (TPSA) is 307 Å². The van der Waals surface area contributed by atoms with Crippen LogP contribution in [0.4, 0.5) is 0 Å². The number of amides is 1. The highest BCUT2D eigenvalue weighted by molar-refractivity contribution is 5.76. The van der Waals surface area contributed by atoms with Crippen molar-refractivity contribution < 1.29 is 89.4 Å². The van der Waals surface area contributed by atoms with Crippen LogP contribution in [-0.2, 0) is 33.2 Å². The molecule has 12 N–H and O–H groups in total. The van der Waals surface area contributed by atoms with E-state index in [9.17, 15) is 61.0 Å². The van der Waals surface area contributed by atoms with Crippen LogP contribution in [0, 0.1) is 0 Å². The lowest BCUT2D eigenvalue weighted by molar-refractivity contribution is -0.379. The Kier molecular flexibility index (Phi) is 59.4. The Morgan fingerprint density at radius 1 is 0.352 bits per heavy atom. The summed E-state index contributed by atoms with van der Waals surface area (Å²) >= 11 is 0. The molecule has 3 heterocycles. The molecule has 19 heteroatoms. The SMILES string of the molecule is CC/C=C\C/C=C\C/C=C\C/C=C\C/C=C\C/C=C\CCCCCCCCCCCCCCCCCCC(=O)NC(COC1OC(CO)C(OC2OC(CO)C(OC3OC(CO)C(O)C(O)C3O)C(O)C2O)C(O)C1O)C(O)/C=C/CC/C=C/CC/C=C/CCCCCCCCCCCCCCCCC. The van der Waals surface area contributed by atoms with E-state index in [1.54, 1.807) is 6.08 Å². The van der Waals surface area contributed by atoms with Crippen molar-refractivity contribution in [1.82, 2.24) is 5.32 Å². The summed E-state index contributed by atoms with van der Waals surface area (Å²) in [5.74, 6) is -0.290. The third-order valence-electron chi connectivity index (χ3n) is 20.0. The van der Waals surface area contributed by atoms with E-state index in [4.69, 9.17) is 28.4 Å². The number of allylic oxidation sites excluding steroid dienone is 17. The van der Waals surface area contributed by atoms with Crippen LogP contribution in [0.25, 0.3) is 0 Å². The van der Waals surface area contributed by atoms with Gasteiger partial charge in [0, 0.05) is 6.42 Å². The summed E-state index contributed by atoms with van der Waals surface area (Å²) < 4.78 is 34.4. The fourth-order valence-corrected chi connectivity index (χ4v) is 13.4. The standard InChI is InChI=1S/C86H149NO18/c1-3-5-7-9-11-13-15-17-19-21-23-25-27-29-30-31-32-33-34-35-36-37-38-40-42-44-46-48-50-52-54-56-58-60-62-64-74(92)87-69(70(91)63-61-59-57-55-53-51-49-47-45-43-41-39-28-26-24-22-20-18-16-14-12-10-8-6-4-2)68-100-84-80(98)77(95)82(72(66-89)102-84)105-86-81(99)78(96)83(73(67-90)103-86)104-85-79(97)76(94)75(93)71(65-88)101-85/h5,7,11,13,17,19,23,25,29-30,32-33,45,47,53,55,61,63,69-73,75-86,88-91,93-99H,3-4,6,8-10,12,14-16,18,20-22,24,26-28,31,34-44,46,48-52,54,56-60,62,64-68H2,1-2H3,(H,87,92)/b7-5-,13-11-,19-17-,25-23-,30-29-,33-32-,47-45+,55-53+,63-61+. The van der Waals surface area contributed by atoms with Gasteiger partial charge in [-0.2, -0.15) is 0 Å². The maximum atomic E-state index is 13.5. The number of aliphatic hydroxyl groups excluding tert-OH is 11. The maximum Gasteiger partial charge on any atom is 0.220 e. The number of aliphatic hydroxyl groups is 11. The highest BCUT2D eigenvalue weighted by Crippen LogP contribution is 2.33. The first-order chi connectivity index (χ1) is 51.3. The number of unbranched alkanes of at least 4 members (excludes halogenated alkanes) is 33. The molecule has 1 amide bonds. The number of hydrogen-bond acceptors (Lipinski definition) is 18. The van der Waals surface area contributed by atoms with Gasteiger partial charge >= 0.3 is 0 Å². The molecule has 3 aliphatic heterocycles. The molecule has 17 atom stereocenters. The molecule has 17 unspecified atom stereocenters. The highest BCUT2D eigenvalue weighted by Gasteiger charge is 2.54. The first kappa shape index (κ1) is 95.7. The minimum Gasteiger partial charge on any atom is -0.394 e. The maximum absolute atomic E-state index is 13.5. The van der Waals surface area contributed by atoms with Crippen molar-refractivity contribution in [3.05, 3.63) is 109 Å². The largest absolute Gasteiger partial charge is 0.394 e. The summed E-state index contributed by atoms with van der Waals surface area (Å²) in [6.45, 7) is 1.62. The molecule has 0 aromatic carbocycles. The van der Waals surface area contributed by atoms with Crippen molar-refractivity contribution in [1.29, 1.82) is 0 Å². The predicted octanol–water partition coefficient (Wildman–Crippen LogP) is 14.5. The number of carbonyl (C=O) groups excluding carboxylic acids is 1. The van der Waals surface area contributed by atoms with Crippen LogP contribution < -0.4 is 5.32 Å². The van der Waals surface area contributed by atoms with Crippen LogP contribution in [0.1, 0.15) is 296 Å². The molecule has 0 aromatic rings. The molecule has 3 fully saturated rings. The average molecular weight is 1490 g/mol. The molecule has 0 saturated carbocycles. The molecule has 606 valence electrons. The Hall–Kier alpha value is -3.55. The van der Waals surface area contributed by atoms with Crippen LogP contribution in [0.15, 0.2) is 109 Å². The van der Waals surface area contributed by atoms with Crippen molar-refractivity contribution >= 4 is 5.91 Å². The Morgan fingerprint density at radius 2 is 0.667 bits per heavy atom. The van der Waals surface area contributed by atoms with E-state index in [1.165, 1.54) is 180 Å². The van der Waals surface area contributed by atoms with E-state index in [0.29, 0.717) is 12.8 Å². The van der Waals surface area contributed by atoms with Gasteiger partial charge in [0.1, 0.15) is 73.2 Å². The van der Waals surface area contributed by atoms with Gasteiger partial charge in [0.25, 0.3) is 0 Å². The first-order valence-corrected chi connectivity index (χ1v) is 41.6. The van der Waals surface area contributed by atoms with Gasteiger partial charge in [-0.05, 0) is 96.3 Å². The fraction of sp³-hybridized carbons (Fsp3) is 0.779. The molecule has 19 nitrogen and oxygen atoms in total. The smallest absolute Gasteiger partial charge is 0.220 e. The summed E-state index contributed by atoms with van der Waals surface area (Å²) in [6, 6.07) is -1.00. The van der Waals surface area contributed by atoms with Gasteiger partial charge in [0.05, 0.1) is 38.6 Å². The lowest BCUT2D eigenvalue weighted by Crippen LogP contribution is -2.66. The lowest BCUT2D eigenvalue weighted by Gasteiger charge is -2.48. The molecule has 105 heavy (non-hydrogen) atoms. The van der Waals surface area contributed by atoms with Crippen molar-refractivity contribution in [3.8, 4) is 0 Å². The van der Waals surface area contributed by atoms with Crippen LogP contribution >= 0.6 is 0 Å². The first-order valence-electron chi connectivity index (χ1n) is 41.6. The van der Waals surface area contributed by atoms with E-state index in [2.05, 4.69) is 116 Å². The lowest BCUT2D eigenvalue weighted by atomic mass is 9.96. The Labute approximate surface area is 634 Å². The Balaban J connectivity index is 1.37. The van der Waals surface area contributed by atoms with Crippen molar-refractivity contribution in [2.45, 2.75) is 401 Å². The summed E-state index contributed by atoms with van der Waals surface area (Å²) in [6.07, 6.45) is 63.6. The fourth-order valence-electron chi connectivity index (χ4n) is 13.4. The van der Waals surface area contributed by atoms with Gasteiger partial charge in [0.2, 0.25) is 5.91 Å². The predicted molar refractivity (Wildman–Crippen MR) is 420 cm³/mol. The summed E-state index contributed by atoms with van der Waals surface area (Å²) in [5.41, 5.74) is 0. The molecule has 0 bridgehead atoms. The monoisotopic (exact) mass is 1480 g/mol. The van der Waals surface area contributed by atoms with Gasteiger partial charge in [-0.15, -0.1) is 0 Å². The van der Waals surface area contributed by atoms with Gasteiger partial charge in [0.15, 0.2) is 18.9 Å². The second-order valence-electron chi connectivity index (χ2n) is 29.2. The molecule has 3 aliphatic rings. The number of hydrogen-bond donors (Lipinski definition) is 12. The molecular formula is C86H149NO18. The van der Waals surface area contributed by atoms with Crippen molar-refractivity contribution in [2.24, 2.45) is 0 Å². The van der Waals surface area contributed by atoms with Crippen molar-refractivity contribution in [3.63, 3.8) is 0 Å². The second kappa shape index (κ2) is 65.2. The number of ether oxygens (including phenoxy) is 6. The molecule has 0 radical (unpaired) electrons. The third-order valence-corrected chi connectivity index (χ3v) is 20.0. The number of rotatable bonds is 65. The van der Waals surface area contributed by atoms with Gasteiger partial charge < -0.3 is 89.9 Å². The zero-order chi connectivity index (χ0) is 76.0. The molecule has 0 spiro atoms. The zero-order valence-corrected chi connectivity index (χ0v) is 64.9. The zero-order valence-electron chi connectivity index (χ0n) is 64.9. The van der Waals surface area contributed by atoms with Gasteiger partial charge in [-0.3, -0.25) is 4.79 Å². The second-order valence-corrected chi connectivity index (χ2v) is 29.2. The molecule has 3 saturated heterocycles. The van der Waals surface area contributed by atoms with E-state index in [-0.39, 0.29) is 18.9 Å². The normalized spacial score (nSPS) is 26.4. The molecule has 0 aliphatic carbocycles. The summed E-state index contributed by atoms with van der Waals surface area (Å²) in [7, 11) is 0. The van der Waals surface area contributed by atoms with Crippen molar-refractivity contribution in [2.75, 3.05) is 26.4 Å². The third kappa shape index (κ3) is 44.8. The van der Waals surface area contributed by atoms with E-state index < -0.39 is 124 Å². The summed E-state index contributed by atoms with van der Waals surface area (Å²) in [4.78, 5) is 13.5. The van der Waals surface area contributed by atoms with E-state index in [1.807, 2.05) is 6.08 Å². The molecule has 3 rings (SSSR count). The quantitative estimate of drug-likeness (QED) is 0.0199. The van der Waals surface area contributed by atoms with Crippen LogP contribution in [0.2, 0.25) is 0 Å². The Morgan fingerprint density at radius 3 is 1.07 bits per heavy atom. The minimum absolute atomic E-state index is 0.227. The van der Waals surface area contributed by atoms with E-state index >= 15 is 0 Å². The van der Waals surface area contributed by atoms with Crippen LogP contribution in [-0.4, -0.2) is 193 Å². The van der Waals surface area contributed by atoms with E-state index in [0.717, 1.165) is 83.5 Å². The summed E-state index contributed by atoms with van der Waals surface area (Å²) in [5, 5.41) is 121. The van der Waals surface area contributed by atoms with Gasteiger partial charge in [-0.1, -0.05) is 303 Å². The van der Waals surface area contributed by atoms with Crippen LogP contribution in [0.3, 0.4) is 0 Å².